The van der Waals surface area contributed by atoms with Gasteiger partial charge in [0.25, 0.3) is 0 Å². The quantitative estimate of drug-likeness (QED) is 0.913. The minimum Gasteiger partial charge on any atom is -0.494 e. The van der Waals surface area contributed by atoms with Crippen LogP contribution < -0.4 is 4.74 Å². The van der Waals surface area contributed by atoms with Crippen LogP contribution in [0.2, 0.25) is 0 Å². The normalized spacial score (nSPS) is 12.2. The lowest BCUT2D eigenvalue weighted by Crippen LogP contribution is -2.01. The van der Waals surface area contributed by atoms with Crippen molar-refractivity contribution in [3.05, 3.63) is 63.6 Å². The van der Waals surface area contributed by atoms with E-state index in [0.717, 1.165) is 26.9 Å². The smallest absolute Gasteiger partial charge is 0.119 e. The van der Waals surface area contributed by atoms with Crippen molar-refractivity contribution in [2.75, 3.05) is 6.61 Å². The maximum Gasteiger partial charge on any atom is 0.119 e. The van der Waals surface area contributed by atoms with Crippen LogP contribution in [0, 0.1) is 6.92 Å². The van der Waals surface area contributed by atoms with Crippen LogP contribution in [-0.4, -0.2) is 11.7 Å². The maximum atomic E-state index is 10.4. The molecule has 19 heavy (non-hydrogen) atoms. The molecule has 0 aliphatic heterocycles. The van der Waals surface area contributed by atoms with Gasteiger partial charge in [-0.1, -0.05) is 40.2 Å². The third-order valence-corrected chi connectivity index (χ3v) is 3.85. The van der Waals surface area contributed by atoms with Gasteiger partial charge in [0.15, 0.2) is 0 Å². The summed E-state index contributed by atoms with van der Waals surface area (Å²) in [4.78, 5) is 0. The van der Waals surface area contributed by atoms with E-state index in [0.29, 0.717) is 6.61 Å². The molecule has 0 aliphatic carbocycles. The number of halogens is 1. The number of hydrogen-bond donors (Lipinski definition) is 1. The second kappa shape index (κ2) is 6.22. The molecule has 0 fully saturated rings. The number of rotatable bonds is 4. The molecule has 0 radical (unpaired) electrons. The van der Waals surface area contributed by atoms with E-state index >= 15 is 0 Å². The second-order valence-electron chi connectivity index (χ2n) is 4.42. The van der Waals surface area contributed by atoms with Gasteiger partial charge in [-0.3, -0.25) is 0 Å². The zero-order valence-corrected chi connectivity index (χ0v) is 12.6. The summed E-state index contributed by atoms with van der Waals surface area (Å²) in [5.41, 5.74) is 2.85. The number of benzene rings is 2. The van der Waals surface area contributed by atoms with Crippen molar-refractivity contribution < 1.29 is 9.84 Å². The number of aliphatic hydroxyl groups excluding tert-OH is 1. The average Bonchev–Trinajstić information content (AvgIpc) is 2.42. The minimum atomic E-state index is -0.641. The molecular formula is C16H17BrO2. The monoisotopic (exact) mass is 320 g/mol. The summed E-state index contributed by atoms with van der Waals surface area (Å²) in [5.74, 6) is 0.783. The van der Waals surface area contributed by atoms with Crippen molar-refractivity contribution >= 4 is 15.9 Å². The molecule has 1 N–H and O–H groups in total. The molecule has 0 amide bonds. The lowest BCUT2D eigenvalue weighted by molar-refractivity contribution is 0.219. The van der Waals surface area contributed by atoms with Gasteiger partial charge >= 0.3 is 0 Å². The van der Waals surface area contributed by atoms with Crippen LogP contribution in [-0.2, 0) is 0 Å². The van der Waals surface area contributed by atoms with Gasteiger partial charge in [0.2, 0.25) is 0 Å². The lowest BCUT2D eigenvalue weighted by Gasteiger charge is -2.14. The summed E-state index contributed by atoms with van der Waals surface area (Å²) in [6.45, 7) is 4.59. The highest BCUT2D eigenvalue weighted by Gasteiger charge is 2.12. The first-order valence-electron chi connectivity index (χ1n) is 6.28. The van der Waals surface area contributed by atoms with Gasteiger partial charge in [-0.15, -0.1) is 0 Å². The van der Waals surface area contributed by atoms with E-state index in [2.05, 4.69) is 15.9 Å². The molecule has 2 nitrogen and oxygen atoms in total. The molecule has 3 heteroatoms. The van der Waals surface area contributed by atoms with Crippen molar-refractivity contribution in [3.8, 4) is 5.75 Å². The van der Waals surface area contributed by atoms with Crippen molar-refractivity contribution in [3.63, 3.8) is 0 Å². The van der Waals surface area contributed by atoms with E-state index < -0.39 is 6.10 Å². The molecule has 0 bridgehead atoms. The summed E-state index contributed by atoms with van der Waals surface area (Å²) in [7, 11) is 0. The van der Waals surface area contributed by atoms with Crippen LogP contribution in [0.4, 0.5) is 0 Å². The van der Waals surface area contributed by atoms with Gasteiger partial charge in [0, 0.05) is 4.47 Å². The van der Waals surface area contributed by atoms with Crippen molar-refractivity contribution in [2.24, 2.45) is 0 Å². The Morgan fingerprint density at radius 2 is 1.89 bits per heavy atom. The molecule has 2 aromatic rings. The van der Waals surface area contributed by atoms with Crippen LogP contribution in [0.15, 0.2) is 46.9 Å². The molecule has 0 saturated heterocycles. The molecule has 100 valence electrons. The van der Waals surface area contributed by atoms with E-state index in [1.54, 1.807) is 0 Å². The lowest BCUT2D eigenvalue weighted by atomic mass is 10.0. The molecule has 2 rings (SSSR count). The zero-order valence-electron chi connectivity index (χ0n) is 11.1. The largest absolute Gasteiger partial charge is 0.494 e. The highest BCUT2D eigenvalue weighted by atomic mass is 79.9. The third kappa shape index (κ3) is 3.37. The number of aryl methyl sites for hydroxylation is 1. The third-order valence-electron chi connectivity index (χ3n) is 3.00. The molecule has 0 spiro atoms. The summed E-state index contributed by atoms with van der Waals surface area (Å²) in [5, 5.41) is 10.4. The molecule has 1 unspecified atom stereocenters. The summed E-state index contributed by atoms with van der Waals surface area (Å²) in [6, 6.07) is 13.5. The minimum absolute atomic E-state index is 0.621. The van der Waals surface area contributed by atoms with Crippen LogP contribution in [0.5, 0.6) is 5.75 Å². The molecule has 0 heterocycles. The predicted molar refractivity (Wildman–Crippen MR) is 80.6 cm³/mol. The Labute approximate surface area is 122 Å². The van der Waals surface area contributed by atoms with Gasteiger partial charge in [0.1, 0.15) is 11.9 Å². The van der Waals surface area contributed by atoms with E-state index in [9.17, 15) is 5.11 Å². The van der Waals surface area contributed by atoms with Crippen molar-refractivity contribution in [2.45, 2.75) is 20.0 Å². The first-order chi connectivity index (χ1) is 9.11. The van der Waals surface area contributed by atoms with E-state index in [-0.39, 0.29) is 0 Å². The van der Waals surface area contributed by atoms with E-state index in [1.807, 2.05) is 56.3 Å². The van der Waals surface area contributed by atoms with Gasteiger partial charge in [-0.25, -0.2) is 0 Å². The Hall–Kier alpha value is -1.32. The number of ether oxygens (including phenoxy) is 1. The van der Waals surface area contributed by atoms with Gasteiger partial charge in [-0.2, -0.15) is 0 Å². The molecule has 2 aromatic carbocycles. The van der Waals surface area contributed by atoms with Crippen molar-refractivity contribution in [1.29, 1.82) is 0 Å². The zero-order chi connectivity index (χ0) is 13.8. The number of aliphatic hydroxyl groups is 1. The first kappa shape index (κ1) is 14.1. The summed E-state index contributed by atoms with van der Waals surface area (Å²) >= 11 is 3.49. The second-order valence-corrected chi connectivity index (χ2v) is 5.27. The topological polar surface area (TPSA) is 29.5 Å². The Balaban J connectivity index is 2.29. The summed E-state index contributed by atoms with van der Waals surface area (Å²) < 4.78 is 6.46. The Morgan fingerprint density at radius 1 is 1.16 bits per heavy atom. The fourth-order valence-corrected chi connectivity index (χ4v) is 2.31. The molecule has 0 aliphatic rings. The van der Waals surface area contributed by atoms with Crippen LogP contribution >= 0.6 is 15.9 Å². The summed E-state index contributed by atoms with van der Waals surface area (Å²) in [6.07, 6.45) is -0.641. The number of hydrogen-bond acceptors (Lipinski definition) is 2. The Morgan fingerprint density at radius 3 is 2.58 bits per heavy atom. The van der Waals surface area contributed by atoms with Crippen LogP contribution in [0.25, 0.3) is 0 Å². The Kier molecular flexibility index (Phi) is 4.61. The highest BCUT2D eigenvalue weighted by molar-refractivity contribution is 9.10. The standard InChI is InChI=1S/C16H17BrO2/c1-3-19-14-6-4-5-12(9-14)16(18)13-8-7-11(2)15(17)10-13/h4-10,16,18H,3H2,1-2H3. The van der Waals surface area contributed by atoms with Crippen LogP contribution in [0.3, 0.4) is 0 Å². The fourth-order valence-electron chi connectivity index (χ4n) is 1.91. The molecule has 1 atom stereocenters. The van der Waals surface area contributed by atoms with E-state index in [4.69, 9.17) is 4.74 Å². The molecule has 0 aromatic heterocycles. The van der Waals surface area contributed by atoms with Crippen LogP contribution in [0.1, 0.15) is 29.7 Å². The average molecular weight is 321 g/mol. The maximum absolute atomic E-state index is 10.4. The first-order valence-corrected chi connectivity index (χ1v) is 7.08. The predicted octanol–water partition coefficient (Wildman–Crippen LogP) is 4.24. The van der Waals surface area contributed by atoms with Gasteiger partial charge in [-0.05, 0) is 48.7 Å². The fraction of sp³-hybridized carbons (Fsp3) is 0.250. The van der Waals surface area contributed by atoms with E-state index in [1.165, 1.54) is 0 Å². The molecule has 0 saturated carbocycles. The van der Waals surface area contributed by atoms with Crippen molar-refractivity contribution in [1.82, 2.24) is 0 Å². The van der Waals surface area contributed by atoms with Gasteiger partial charge in [0.05, 0.1) is 6.61 Å². The highest BCUT2D eigenvalue weighted by Crippen LogP contribution is 2.28. The molecular weight excluding hydrogens is 304 g/mol. The van der Waals surface area contributed by atoms with Gasteiger partial charge < -0.3 is 9.84 Å². The SMILES string of the molecule is CCOc1cccc(C(O)c2ccc(C)c(Br)c2)c1. The Bertz CT molecular complexity index is 566.